The largest absolute Gasteiger partial charge is 0.479 e. The molecule has 0 saturated carbocycles. The number of carboxylic acid groups (broad SMARTS) is 1. The van der Waals surface area contributed by atoms with E-state index in [9.17, 15) is 14.7 Å². The number of aryl methyl sites for hydroxylation is 2. The topological polar surface area (TPSA) is 104 Å². The van der Waals surface area contributed by atoms with Crippen molar-refractivity contribution in [2.24, 2.45) is 0 Å². The highest BCUT2D eigenvalue weighted by molar-refractivity contribution is 5.97. The third kappa shape index (κ3) is 4.70. The van der Waals surface area contributed by atoms with Crippen LogP contribution in [0.3, 0.4) is 0 Å². The lowest BCUT2D eigenvalue weighted by atomic mass is 10.1. The Morgan fingerprint density at radius 3 is 2.11 bits per heavy atom. The number of anilines is 2. The molecule has 3 N–H and O–H groups in total. The number of nitrogens with zero attached hydrogens (tertiary/aromatic N) is 2. The molecule has 0 aliphatic rings. The summed E-state index contributed by atoms with van der Waals surface area (Å²) in [5, 5.41) is 15.1. The first-order valence-electron chi connectivity index (χ1n) is 8.70. The third-order valence-electron chi connectivity index (χ3n) is 4.04. The summed E-state index contributed by atoms with van der Waals surface area (Å²) in [6.45, 7) is 3.78. The molecule has 0 fully saturated rings. The summed E-state index contributed by atoms with van der Waals surface area (Å²) in [4.78, 5) is 32.6. The van der Waals surface area contributed by atoms with Crippen LogP contribution in [0.2, 0.25) is 0 Å². The van der Waals surface area contributed by atoms with Crippen molar-refractivity contribution in [1.29, 1.82) is 0 Å². The molecule has 3 aromatic rings. The molecule has 1 amide bonds. The molecule has 3 rings (SSSR count). The summed E-state index contributed by atoms with van der Waals surface area (Å²) < 4.78 is 0. The molecule has 2 aromatic carbocycles. The van der Waals surface area contributed by atoms with Gasteiger partial charge in [-0.15, -0.1) is 0 Å². The van der Waals surface area contributed by atoms with Crippen LogP contribution in [0.15, 0.2) is 60.7 Å². The molecule has 0 aliphatic carbocycles. The second-order valence-electron chi connectivity index (χ2n) is 6.33. The van der Waals surface area contributed by atoms with Gasteiger partial charge in [0.25, 0.3) is 5.91 Å². The average Bonchev–Trinajstić information content (AvgIpc) is 2.66. The van der Waals surface area contributed by atoms with Gasteiger partial charge in [-0.05, 0) is 49.7 Å². The van der Waals surface area contributed by atoms with Crippen LogP contribution in [0.5, 0.6) is 0 Å². The Bertz CT molecular complexity index is 968. The number of aromatic nitrogens is 2. The summed E-state index contributed by atoms with van der Waals surface area (Å²) >= 11 is 0. The van der Waals surface area contributed by atoms with Gasteiger partial charge in [-0.25, -0.2) is 14.8 Å². The van der Waals surface area contributed by atoms with E-state index in [1.807, 2.05) is 19.9 Å². The fourth-order valence-corrected chi connectivity index (χ4v) is 2.76. The van der Waals surface area contributed by atoms with E-state index in [1.165, 1.54) is 0 Å². The van der Waals surface area contributed by atoms with Crippen LogP contribution in [-0.2, 0) is 4.79 Å². The molecule has 0 aliphatic heterocycles. The second kappa shape index (κ2) is 8.30. The quantitative estimate of drug-likeness (QED) is 0.609. The van der Waals surface area contributed by atoms with E-state index in [2.05, 4.69) is 20.6 Å². The molecule has 1 heterocycles. The van der Waals surface area contributed by atoms with Crippen molar-refractivity contribution in [3.8, 4) is 0 Å². The Kier molecular flexibility index (Phi) is 5.64. The summed E-state index contributed by atoms with van der Waals surface area (Å²) in [5.74, 6) is -1.11. The minimum atomic E-state index is -1.12. The number of hydrogen-bond donors (Lipinski definition) is 3. The third-order valence-corrected chi connectivity index (χ3v) is 4.04. The Balaban J connectivity index is 1.71. The SMILES string of the molecule is Cc1cc(C)nc(Nc2ccc(C(=O)NC(C(=O)O)c3ccccc3)cc2)n1. The fraction of sp³-hybridized carbons (Fsp3) is 0.143. The number of carbonyl (C=O) groups excluding carboxylic acids is 1. The van der Waals surface area contributed by atoms with Crippen molar-refractivity contribution >= 4 is 23.5 Å². The number of rotatable bonds is 6. The lowest BCUT2D eigenvalue weighted by Gasteiger charge is -2.15. The van der Waals surface area contributed by atoms with Gasteiger partial charge in [0.2, 0.25) is 5.95 Å². The summed E-state index contributed by atoms with van der Waals surface area (Å²) in [6, 6.07) is 16.0. The van der Waals surface area contributed by atoms with Crippen LogP contribution in [0.1, 0.15) is 33.4 Å². The van der Waals surface area contributed by atoms with Gasteiger partial charge in [0.15, 0.2) is 6.04 Å². The van der Waals surface area contributed by atoms with Crippen LogP contribution >= 0.6 is 0 Å². The predicted molar refractivity (Wildman–Crippen MR) is 106 cm³/mol. The van der Waals surface area contributed by atoms with Crippen molar-refractivity contribution in [2.75, 3.05) is 5.32 Å². The molecular weight excluding hydrogens is 356 g/mol. The van der Waals surface area contributed by atoms with Gasteiger partial charge in [0.05, 0.1) is 0 Å². The van der Waals surface area contributed by atoms with Gasteiger partial charge in [-0.2, -0.15) is 0 Å². The molecule has 0 spiro atoms. The van der Waals surface area contributed by atoms with Gasteiger partial charge < -0.3 is 15.7 Å². The van der Waals surface area contributed by atoms with Gasteiger partial charge in [0, 0.05) is 22.6 Å². The molecule has 1 aromatic heterocycles. The monoisotopic (exact) mass is 376 g/mol. The molecule has 28 heavy (non-hydrogen) atoms. The highest BCUT2D eigenvalue weighted by atomic mass is 16.4. The lowest BCUT2D eigenvalue weighted by molar-refractivity contribution is -0.139. The Morgan fingerprint density at radius 2 is 1.54 bits per heavy atom. The second-order valence-corrected chi connectivity index (χ2v) is 6.33. The number of nitrogens with one attached hydrogen (secondary N) is 2. The van der Waals surface area contributed by atoms with Crippen molar-refractivity contribution in [2.45, 2.75) is 19.9 Å². The minimum absolute atomic E-state index is 0.356. The number of amides is 1. The van der Waals surface area contributed by atoms with Crippen molar-refractivity contribution < 1.29 is 14.7 Å². The smallest absolute Gasteiger partial charge is 0.330 e. The van der Waals surface area contributed by atoms with Gasteiger partial charge in [-0.1, -0.05) is 30.3 Å². The fourth-order valence-electron chi connectivity index (χ4n) is 2.76. The first-order chi connectivity index (χ1) is 13.4. The number of hydrogen-bond acceptors (Lipinski definition) is 5. The summed E-state index contributed by atoms with van der Waals surface area (Å²) in [6.07, 6.45) is 0. The van der Waals surface area contributed by atoms with Gasteiger partial charge >= 0.3 is 5.97 Å². The van der Waals surface area contributed by atoms with E-state index in [0.29, 0.717) is 17.1 Å². The Labute approximate surface area is 162 Å². The van der Waals surface area contributed by atoms with E-state index in [0.717, 1.165) is 17.1 Å². The van der Waals surface area contributed by atoms with Crippen molar-refractivity contribution in [3.05, 3.63) is 83.2 Å². The van der Waals surface area contributed by atoms with E-state index < -0.39 is 17.9 Å². The molecule has 1 unspecified atom stereocenters. The summed E-state index contributed by atoms with van der Waals surface area (Å²) in [7, 11) is 0. The van der Waals surface area contributed by atoms with Crippen LogP contribution in [0, 0.1) is 13.8 Å². The summed E-state index contributed by atoms with van der Waals surface area (Å²) in [5.41, 5.74) is 3.29. The first-order valence-corrected chi connectivity index (χ1v) is 8.70. The Morgan fingerprint density at radius 1 is 0.929 bits per heavy atom. The highest BCUT2D eigenvalue weighted by Gasteiger charge is 2.22. The van der Waals surface area contributed by atoms with Gasteiger partial charge in [-0.3, -0.25) is 4.79 Å². The standard InChI is InChI=1S/C21H20N4O3/c1-13-12-14(2)23-21(22-13)24-17-10-8-16(9-11-17)19(26)25-18(20(27)28)15-6-4-3-5-7-15/h3-12,18H,1-2H3,(H,25,26)(H,27,28)(H,22,23,24). The molecule has 0 radical (unpaired) electrons. The molecule has 1 atom stereocenters. The van der Waals surface area contributed by atoms with Crippen molar-refractivity contribution in [3.63, 3.8) is 0 Å². The lowest BCUT2D eigenvalue weighted by Crippen LogP contribution is -2.33. The van der Waals surface area contributed by atoms with Crippen LogP contribution in [0.4, 0.5) is 11.6 Å². The first kappa shape index (κ1) is 19.0. The van der Waals surface area contributed by atoms with E-state index in [1.54, 1.807) is 54.6 Å². The number of benzene rings is 2. The maximum atomic E-state index is 12.5. The normalized spacial score (nSPS) is 11.5. The molecule has 0 saturated heterocycles. The zero-order chi connectivity index (χ0) is 20.1. The molecule has 0 bridgehead atoms. The number of aliphatic carboxylic acids is 1. The van der Waals surface area contributed by atoms with Crippen LogP contribution in [-0.4, -0.2) is 27.0 Å². The number of carboxylic acids is 1. The minimum Gasteiger partial charge on any atom is -0.479 e. The van der Waals surface area contributed by atoms with E-state index in [-0.39, 0.29) is 0 Å². The van der Waals surface area contributed by atoms with Gasteiger partial charge in [0.1, 0.15) is 0 Å². The molecule has 7 heteroatoms. The Hall–Kier alpha value is -3.74. The molecule has 142 valence electrons. The van der Waals surface area contributed by atoms with Crippen molar-refractivity contribution in [1.82, 2.24) is 15.3 Å². The predicted octanol–water partition coefficient (Wildman–Crippen LogP) is 3.39. The molecular formula is C21H20N4O3. The van der Waals surface area contributed by atoms with E-state index in [4.69, 9.17) is 0 Å². The van der Waals surface area contributed by atoms with Crippen LogP contribution < -0.4 is 10.6 Å². The number of carbonyl (C=O) groups is 2. The maximum absolute atomic E-state index is 12.5. The zero-order valence-electron chi connectivity index (χ0n) is 15.5. The zero-order valence-corrected chi connectivity index (χ0v) is 15.5. The van der Waals surface area contributed by atoms with Crippen LogP contribution in [0.25, 0.3) is 0 Å². The average molecular weight is 376 g/mol. The molecule has 7 nitrogen and oxygen atoms in total. The van der Waals surface area contributed by atoms with E-state index >= 15 is 0 Å². The highest BCUT2D eigenvalue weighted by Crippen LogP contribution is 2.17. The maximum Gasteiger partial charge on any atom is 0.330 e.